The second kappa shape index (κ2) is 7.14. The molecular formula is C12H25N3O2. The van der Waals surface area contributed by atoms with Gasteiger partial charge < -0.3 is 16.4 Å². The summed E-state index contributed by atoms with van der Waals surface area (Å²) in [6.45, 7) is 9.47. The lowest BCUT2D eigenvalue weighted by Crippen LogP contribution is -2.42. The average molecular weight is 243 g/mol. The van der Waals surface area contributed by atoms with Crippen LogP contribution in [-0.4, -0.2) is 25.0 Å². The summed E-state index contributed by atoms with van der Waals surface area (Å²) < 4.78 is 0. The van der Waals surface area contributed by atoms with Crippen molar-refractivity contribution in [1.82, 2.24) is 10.6 Å². The maximum atomic E-state index is 11.4. The molecule has 0 aromatic rings. The van der Waals surface area contributed by atoms with Crippen molar-refractivity contribution >= 4 is 11.9 Å². The van der Waals surface area contributed by atoms with Crippen LogP contribution in [0.1, 0.15) is 40.5 Å². The van der Waals surface area contributed by atoms with Crippen molar-refractivity contribution in [2.45, 2.75) is 40.5 Å². The maximum absolute atomic E-state index is 11.4. The number of urea groups is 1. The lowest BCUT2D eigenvalue weighted by molar-refractivity contribution is -0.117. The molecule has 0 radical (unpaired) electrons. The van der Waals surface area contributed by atoms with Gasteiger partial charge in [0.15, 0.2) is 0 Å². The van der Waals surface area contributed by atoms with E-state index >= 15 is 0 Å². The number of primary amides is 1. The molecule has 0 aliphatic heterocycles. The molecule has 17 heavy (non-hydrogen) atoms. The summed E-state index contributed by atoms with van der Waals surface area (Å²) in [5, 5.41) is 5.39. The fourth-order valence-electron chi connectivity index (χ4n) is 1.86. The van der Waals surface area contributed by atoms with E-state index in [1.165, 1.54) is 0 Å². The van der Waals surface area contributed by atoms with Gasteiger partial charge in [-0.15, -0.1) is 0 Å². The van der Waals surface area contributed by atoms with Crippen LogP contribution >= 0.6 is 0 Å². The lowest BCUT2D eigenvalue weighted by atomic mass is 9.84. The van der Waals surface area contributed by atoms with E-state index in [-0.39, 0.29) is 24.4 Å². The van der Waals surface area contributed by atoms with Gasteiger partial charge in [0.25, 0.3) is 0 Å². The first-order chi connectivity index (χ1) is 7.73. The highest BCUT2D eigenvalue weighted by Crippen LogP contribution is 2.23. The summed E-state index contributed by atoms with van der Waals surface area (Å²) in [6.07, 6.45) is 1.22. The summed E-state index contributed by atoms with van der Waals surface area (Å²) in [4.78, 5) is 21.9. The fraction of sp³-hybridized carbons (Fsp3) is 0.833. The molecule has 5 nitrogen and oxygen atoms in total. The zero-order chi connectivity index (χ0) is 13.5. The number of rotatable bonds is 7. The summed E-state index contributed by atoms with van der Waals surface area (Å²) in [6, 6.07) is -0.247. The Morgan fingerprint density at radius 3 is 2.29 bits per heavy atom. The highest BCUT2D eigenvalue weighted by atomic mass is 16.2. The first-order valence-electron chi connectivity index (χ1n) is 6.03. The molecule has 0 spiro atoms. The Morgan fingerprint density at radius 2 is 1.82 bits per heavy atom. The van der Waals surface area contributed by atoms with Gasteiger partial charge in [-0.25, -0.2) is 4.79 Å². The largest absolute Gasteiger partial charge is 0.370 e. The Labute approximate surface area is 104 Å². The average Bonchev–Trinajstić information content (AvgIpc) is 2.12. The molecule has 3 amide bonds. The van der Waals surface area contributed by atoms with Crippen molar-refractivity contribution in [1.29, 1.82) is 0 Å². The second-order valence-corrected chi connectivity index (χ2v) is 5.59. The normalized spacial score (nSPS) is 11.4. The SMILES string of the molecule is CC(C)CC(C)(C)CNC(=O)NCCC(N)=O. The number of hydrogen-bond donors (Lipinski definition) is 3. The molecule has 5 heteroatoms. The van der Waals surface area contributed by atoms with Gasteiger partial charge in [-0.05, 0) is 17.8 Å². The molecule has 0 aliphatic rings. The number of hydrogen-bond acceptors (Lipinski definition) is 2. The molecule has 0 aromatic heterocycles. The quantitative estimate of drug-likeness (QED) is 0.628. The topological polar surface area (TPSA) is 84.2 Å². The van der Waals surface area contributed by atoms with Crippen LogP contribution in [0.5, 0.6) is 0 Å². The lowest BCUT2D eigenvalue weighted by Gasteiger charge is -2.26. The third-order valence-corrected chi connectivity index (χ3v) is 2.35. The highest BCUT2D eigenvalue weighted by Gasteiger charge is 2.20. The number of carbonyl (C=O) groups excluding carboxylic acids is 2. The molecule has 0 rings (SSSR count). The summed E-state index contributed by atoms with van der Waals surface area (Å²) >= 11 is 0. The van der Waals surface area contributed by atoms with Crippen LogP contribution in [0.3, 0.4) is 0 Å². The molecule has 0 fully saturated rings. The molecule has 0 aliphatic carbocycles. The van der Waals surface area contributed by atoms with Crippen molar-refractivity contribution in [2.24, 2.45) is 17.1 Å². The molecule has 100 valence electrons. The van der Waals surface area contributed by atoms with E-state index in [1.807, 2.05) is 0 Å². The van der Waals surface area contributed by atoms with E-state index in [4.69, 9.17) is 5.73 Å². The van der Waals surface area contributed by atoms with Crippen LogP contribution in [-0.2, 0) is 4.79 Å². The van der Waals surface area contributed by atoms with E-state index in [9.17, 15) is 9.59 Å². The summed E-state index contributed by atoms with van der Waals surface area (Å²) in [5.74, 6) is 0.190. The minimum Gasteiger partial charge on any atom is -0.370 e. The van der Waals surface area contributed by atoms with Gasteiger partial charge in [-0.2, -0.15) is 0 Å². The van der Waals surface area contributed by atoms with E-state index in [1.54, 1.807) is 0 Å². The third kappa shape index (κ3) is 9.66. The molecule has 0 saturated heterocycles. The molecular weight excluding hydrogens is 218 g/mol. The van der Waals surface area contributed by atoms with E-state index in [0.717, 1.165) is 6.42 Å². The number of nitrogens with two attached hydrogens (primary N) is 1. The third-order valence-electron chi connectivity index (χ3n) is 2.35. The van der Waals surface area contributed by atoms with Crippen molar-refractivity contribution in [3.8, 4) is 0 Å². The van der Waals surface area contributed by atoms with Crippen molar-refractivity contribution < 1.29 is 9.59 Å². The molecule has 0 saturated carbocycles. The molecule has 0 unspecified atom stereocenters. The predicted octanol–water partition coefficient (Wildman–Crippen LogP) is 1.23. The van der Waals surface area contributed by atoms with Crippen molar-refractivity contribution in [3.63, 3.8) is 0 Å². The molecule has 0 aromatic carbocycles. The second-order valence-electron chi connectivity index (χ2n) is 5.59. The first kappa shape index (κ1) is 15.7. The van der Waals surface area contributed by atoms with Crippen LogP contribution < -0.4 is 16.4 Å². The Bertz CT molecular complexity index is 262. The zero-order valence-corrected chi connectivity index (χ0v) is 11.3. The summed E-state index contributed by atoms with van der Waals surface area (Å²) in [7, 11) is 0. The molecule has 0 atom stereocenters. The number of amides is 3. The van der Waals surface area contributed by atoms with Crippen LogP contribution in [0.2, 0.25) is 0 Å². The Balaban J connectivity index is 3.79. The molecule has 0 bridgehead atoms. The predicted molar refractivity (Wildman–Crippen MR) is 68.4 cm³/mol. The minimum absolute atomic E-state index is 0.0786. The minimum atomic E-state index is -0.412. The van der Waals surface area contributed by atoms with Gasteiger partial charge in [0, 0.05) is 19.5 Å². The Hall–Kier alpha value is -1.26. The number of carbonyl (C=O) groups is 2. The van der Waals surface area contributed by atoms with Gasteiger partial charge in [0.2, 0.25) is 5.91 Å². The van der Waals surface area contributed by atoms with Gasteiger partial charge in [-0.3, -0.25) is 4.79 Å². The van der Waals surface area contributed by atoms with Crippen LogP contribution in [0, 0.1) is 11.3 Å². The van der Waals surface area contributed by atoms with Crippen LogP contribution in [0.15, 0.2) is 0 Å². The zero-order valence-electron chi connectivity index (χ0n) is 11.3. The van der Waals surface area contributed by atoms with Gasteiger partial charge in [-0.1, -0.05) is 27.7 Å². The standard InChI is InChI=1S/C12H25N3O2/c1-9(2)7-12(3,4)8-15-11(17)14-6-5-10(13)16/h9H,5-8H2,1-4H3,(H2,13,16)(H2,14,15,17). The van der Waals surface area contributed by atoms with Crippen LogP contribution in [0.4, 0.5) is 4.79 Å². The maximum Gasteiger partial charge on any atom is 0.314 e. The first-order valence-corrected chi connectivity index (χ1v) is 6.03. The van der Waals surface area contributed by atoms with E-state index in [2.05, 4.69) is 38.3 Å². The van der Waals surface area contributed by atoms with E-state index in [0.29, 0.717) is 12.5 Å². The highest BCUT2D eigenvalue weighted by molar-refractivity contribution is 5.76. The smallest absolute Gasteiger partial charge is 0.314 e. The number of nitrogens with one attached hydrogen (secondary N) is 2. The van der Waals surface area contributed by atoms with Crippen molar-refractivity contribution in [2.75, 3.05) is 13.1 Å². The molecule has 4 N–H and O–H groups in total. The van der Waals surface area contributed by atoms with Crippen LogP contribution in [0.25, 0.3) is 0 Å². The van der Waals surface area contributed by atoms with Gasteiger partial charge in [0.05, 0.1) is 0 Å². The monoisotopic (exact) mass is 243 g/mol. The van der Waals surface area contributed by atoms with Crippen molar-refractivity contribution in [3.05, 3.63) is 0 Å². The Morgan fingerprint density at radius 1 is 1.24 bits per heavy atom. The Kier molecular flexibility index (Phi) is 6.61. The fourth-order valence-corrected chi connectivity index (χ4v) is 1.86. The van der Waals surface area contributed by atoms with Gasteiger partial charge >= 0.3 is 6.03 Å². The summed E-state index contributed by atoms with van der Waals surface area (Å²) in [5.41, 5.74) is 5.04. The molecule has 0 heterocycles. The van der Waals surface area contributed by atoms with Gasteiger partial charge in [0.1, 0.15) is 0 Å². The van der Waals surface area contributed by atoms with E-state index < -0.39 is 5.91 Å².